The van der Waals surface area contributed by atoms with Crippen molar-refractivity contribution in [2.24, 2.45) is 5.73 Å². The summed E-state index contributed by atoms with van der Waals surface area (Å²) in [5.41, 5.74) is 5.26. The van der Waals surface area contributed by atoms with Crippen molar-refractivity contribution in [3.8, 4) is 12.3 Å². The summed E-state index contributed by atoms with van der Waals surface area (Å²) in [6.07, 6.45) is 4.61. The number of carboxylic acid groups (broad SMARTS) is 1. The lowest BCUT2D eigenvalue weighted by Crippen LogP contribution is -2.42. The van der Waals surface area contributed by atoms with Crippen LogP contribution in [0.1, 0.15) is 44.4 Å². The lowest BCUT2D eigenvalue weighted by Gasteiger charge is -2.17. The third-order valence-corrected chi connectivity index (χ3v) is 6.55. The third-order valence-electron chi connectivity index (χ3n) is 5.23. The molecule has 1 unspecified atom stereocenters. The number of carbonyl (C=O) groups excluding carboxylic acids is 5. The monoisotopic (exact) mass is 609 g/mol. The molecule has 0 heterocycles. The number of carboxylic acids is 1. The quantitative estimate of drug-likeness (QED) is 0.0609. The fraction of sp³-hybridized carbons (Fsp3) is 0.481. The summed E-state index contributed by atoms with van der Waals surface area (Å²) in [4.78, 5) is 72.6. The number of esters is 1. The molecule has 0 saturated carbocycles. The molecular formula is C27H35N3O11S. The van der Waals surface area contributed by atoms with Gasteiger partial charge in [0.25, 0.3) is 5.91 Å². The first-order valence-electron chi connectivity index (χ1n) is 12.6. The lowest BCUT2D eigenvalue weighted by molar-refractivity contribution is -0.140. The second-order valence-electron chi connectivity index (χ2n) is 8.47. The molecule has 0 aromatic heterocycles. The highest BCUT2D eigenvalue weighted by Crippen LogP contribution is 2.21. The van der Waals surface area contributed by atoms with Gasteiger partial charge in [-0.25, -0.2) is 9.59 Å². The summed E-state index contributed by atoms with van der Waals surface area (Å²) in [7, 11) is 1.13. The number of hydrogen-bond acceptors (Lipinski definition) is 11. The van der Waals surface area contributed by atoms with Crippen molar-refractivity contribution in [1.82, 2.24) is 10.6 Å². The maximum Gasteiger partial charge on any atom is 0.337 e. The highest BCUT2D eigenvalue weighted by Gasteiger charge is 2.26. The number of methoxy groups -OCH3 is 1. The van der Waals surface area contributed by atoms with E-state index >= 15 is 0 Å². The minimum Gasteiger partial charge on any atom is -0.480 e. The molecule has 0 saturated heterocycles. The number of ether oxygens (including phenoxy) is 4. The van der Waals surface area contributed by atoms with Crippen LogP contribution in [0.2, 0.25) is 0 Å². The Hall–Kier alpha value is -3.97. The Morgan fingerprint density at radius 3 is 2.14 bits per heavy atom. The summed E-state index contributed by atoms with van der Waals surface area (Å²) in [6, 6.07) is 2.41. The maximum absolute atomic E-state index is 13.1. The SMILES string of the molecule is C#CCOCCOCCOCCNC(=O)c1cc(C(=O)CC(SC[C@H](NC(C)=O)C(=O)O)C(N)=O)cc(C(=O)OC)c1. The average molecular weight is 610 g/mol. The molecule has 42 heavy (non-hydrogen) atoms. The summed E-state index contributed by atoms with van der Waals surface area (Å²) in [6.45, 7) is 2.95. The first-order chi connectivity index (χ1) is 20.0. The van der Waals surface area contributed by atoms with Crippen LogP contribution < -0.4 is 16.4 Å². The van der Waals surface area contributed by atoms with Gasteiger partial charge in [0.15, 0.2) is 5.78 Å². The molecular weight excluding hydrogens is 574 g/mol. The number of amides is 3. The predicted molar refractivity (Wildman–Crippen MR) is 151 cm³/mol. The Kier molecular flexibility index (Phi) is 17.2. The number of benzene rings is 1. The maximum atomic E-state index is 13.1. The van der Waals surface area contributed by atoms with Crippen molar-refractivity contribution >= 4 is 47.2 Å². The number of nitrogens with one attached hydrogen (secondary N) is 2. The Morgan fingerprint density at radius 2 is 1.57 bits per heavy atom. The third kappa shape index (κ3) is 14.1. The molecule has 0 aliphatic carbocycles. The summed E-state index contributed by atoms with van der Waals surface area (Å²) >= 11 is 0.783. The first kappa shape index (κ1) is 36.1. The zero-order valence-electron chi connectivity index (χ0n) is 23.3. The Morgan fingerprint density at radius 1 is 0.976 bits per heavy atom. The Bertz CT molecular complexity index is 1150. The van der Waals surface area contributed by atoms with E-state index in [0.717, 1.165) is 25.8 Å². The second kappa shape index (κ2) is 20.0. The van der Waals surface area contributed by atoms with Crippen molar-refractivity contribution in [3.05, 3.63) is 34.9 Å². The molecule has 1 aromatic rings. The van der Waals surface area contributed by atoms with Crippen LogP contribution in [0.4, 0.5) is 0 Å². The standard InChI is InChI=1S/C27H35N3O11S/c1-4-6-39-8-10-41-11-9-40-7-5-29-25(34)19-12-18(13-20(14-19)27(37)38-3)22(32)15-23(24(28)33)42-16-21(26(35)36)30-17(2)31/h1,12-14,21,23H,5-11,15-16H2,2-3H3,(H2,28,33)(H,29,34)(H,30,31)(H,35,36)/t21-,23?/m0/s1. The van der Waals surface area contributed by atoms with Crippen LogP contribution in [0.25, 0.3) is 0 Å². The number of hydrogen-bond donors (Lipinski definition) is 4. The molecule has 0 fully saturated rings. The van der Waals surface area contributed by atoms with Gasteiger partial charge in [-0.1, -0.05) is 5.92 Å². The van der Waals surface area contributed by atoms with Gasteiger partial charge in [0, 0.05) is 36.8 Å². The van der Waals surface area contributed by atoms with Gasteiger partial charge in [0.1, 0.15) is 12.6 Å². The number of terminal acetylenes is 1. The van der Waals surface area contributed by atoms with Crippen LogP contribution in [0.5, 0.6) is 0 Å². The minimum absolute atomic E-state index is 0.0172. The van der Waals surface area contributed by atoms with E-state index in [0.29, 0.717) is 19.8 Å². The Balaban J connectivity index is 2.80. The van der Waals surface area contributed by atoms with Gasteiger partial charge >= 0.3 is 11.9 Å². The fourth-order valence-corrected chi connectivity index (χ4v) is 4.31. The topological polar surface area (TPSA) is 210 Å². The second-order valence-corrected chi connectivity index (χ2v) is 9.71. The number of thioether (sulfide) groups is 1. The molecule has 230 valence electrons. The van der Waals surface area contributed by atoms with Gasteiger partial charge in [0.05, 0.1) is 51.0 Å². The smallest absolute Gasteiger partial charge is 0.337 e. The van der Waals surface area contributed by atoms with E-state index in [4.69, 9.17) is 31.1 Å². The lowest BCUT2D eigenvalue weighted by atomic mass is 9.99. The molecule has 0 spiro atoms. The highest BCUT2D eigenvalue weighted by atomic mass is 32.2. The van der Waals surface area contributed by atoms with E-state index in [1.807, 2.05) is 0 Å². The van der Waals surface area contributed by atoms with Crippen LogP contribution in [-0.2, 0) is 33.3 Å². The molecule has 15 heteroatoms. The van der Waals surface area contributed by atoms with E-state index in [1.54, 1.807) is 0 Å². The van der Waals surface area contributed by atoms with Crippen LogP contribution in [0.3, 0.4) is 0 Å². The number of carbonyl (C=O) groups is 6. The van der Waals surface area contributed by atoms with Crippen molar-refractivity contribution < 1.29 is 52.8 Å². The van der Waals surface area contributed by atoms with Gasteiger partial charge in [-0.15, -0.1) is 18.2 Å². The summed E-state index contributed by atoms with van der Waals surface area (Å²) in [5, 5.41) is 13.0. The molecule has 0 aliphatic rings. The van der Waals surface area contributed by atoms with Gasteiger partial charge in [-0.2, -0.15) is 0 Å². The van der Waals surface area contributed by atoms with Crippen molar-refractivity contribution in [2.45, 2.75) is 24.6 Å². The normalized spacial score (nSPS) is 11.9. The largest absolute Gasteiger partial charge is 0.480 e. The van der Waals surface area contributed by atoms with Crippen molar-refractivity contribution in [3.63, 3.8) is 0 Å². The molecule has 1 aromatic carbocycles. The first-order valence-corrected chi connectivity index (χ1v) is 13.7. The zero-order valence-corrected chi connectivity index (χ0v) is 24.2. The highest BCUT2D eigenvalue weighted by molar-refractivity contribution is 8.00. The summed E-state index contributed by atoms with van der Waals surface area (Å²) in [5.74, 6) is -2.72. The van der Waals surface area contributed by atoms with E-state index < -0.39 is 53.2 Å². The fourth-order valence-electron chi connectivity index (χ4n) is 3.23. The van der Waals surface area contributed by atoms with Crippen molar-refractivity contribution in [1.29, 1.82) is 0 Å². The molecule has 14 nitrogen and oxygen atoms in total. The van der Waals surface area contributed by atoms with Gasteiger partial charge < -0.3 is 40.4 Å². The van der Waals surface area contributed by atoms with Gasteiger partial charge in [0.2, 0.25) is 11.8 Å². The zero-order chi connectivity index (χ0) is 31.5. The minimum atomic E-state index is -1.32. The molecule has 0 radical (unpaired) electrons. The number of rotatable bonds is 21. The van der Waals surface area contributed by atoms with Crippen LogP contribution >= 0.6 is 11.8 Å². The summed E-state index contributed by atoms with van der Waals surface area (Å²) < 4.78 is 20.5. The molecule has 0 aliphatic heterocycles. The van der Waals surface area contributed by atoms with E-state index in [9.17, 15) is 33.9 Å². The van der Waals surface area contributed by atoms with E-state index in [-0.39, 0.29) is 48.8 Å². The van der Waals surface area contributed by atoms with Gasteiger partial charge in [-0.3, -0.25) is 19.2 Å². The molecule has 5 N–H and O–H groups in total. The molecule has 0 bridgehead atoms. The van der Waals surface area contributed by atoms with Crippen LogP contribution in [-0.4, -0.2) is 111 Å². The molecule has 2 atom stereocenters. The number of aliphatic carboxylic acids is 1. The Labute approximate surface area is 247 Å². The molecule has 1 rings (SSSR count). The number of primary amides is 1. The number of ketones is 1. The predicted octanol–water partition coefficient (Wildman–Crippen LogP) is -0.365. The van der Waals surface area contributed by atoms with Crippen molar-refractivity contribution in [2.75, 3.05) is 59.0 Å². The number of Topliss-reactive ketones (excluding diaryl/α,β-unsaturated/α-hetero) is 1. The average Bonchev–Trinajstić information content (AvgIpc) is 2.95. The van der Waals surface area contributed by atoms with E-state index in [2.05, 4.69) is 16.6 Å². The van der Waals surface area contributed by atoms with Crippen LogP contribution in [0.15, 0.2) is 18.2 Å². The van der Waals surface area contributed by atoms with Crippen LogP contribution in [0, 0.1) is 12.3 Å². The number of nitrogens with two attached hydrogens (primary N) is 1. The van der Waals surface area contributed by atoms with Gasteiger partial charge in [-0.05, 0) is 18.2 Å². The van der Waals surface area contributed by atoms with E-state index in [1.165, 1.54) is 18.2 Å². The molecule has 3 amide bonds.